The number of aldehydes is 1. The highest BCUT2D eigenvalue weighted by atomic mass is 32.1. The van der Waals surface area contributed by atoms with Gasteiger partial charge in [0.2, 0.25) is 0 Å². The largest absolute Gasteiger partial charge is 0.345 e. The molecule has 3 nitrogen and oxygen atoms in total. The Labute approximate surface area is 120 Å². The minimum absolute atomic E-state index is 0.0694. The molecule has 0 atom stereocenters. The predicted molar refractivity (Wildman–Crippen MR) is 81.5 cm³/mol. The fourth-order valence-corrected chi connectivity index (χ4v) is 4.05. The SMILES string of the molecule is CCN(c1nc(C(C)(C)C)c(C=O)s1)C1CCCC1. The molecule has 0 aliphatic heterocycles. The molecule has 0 bridgehead atoms. The molecule has 1 aliphatic carbocycles. The van der Waals surface area contributed by atoms with Crippen LogP contribution in [0.3, 0.4) is 0 Å². The first-order valence-electron chi connectivity index (χ1n) is 7.20. The Morgan fingerprint density at radius 1 is 1.37 bits per heavy atom. The van der Waals surface area contributed by atoms with Crippen molar-refractivity contribution in [3.8, 4) is 0 Å². The highest BCUT2D eigenvalue weighted by molar-refractivity contribution is 7.17. The maximum absolute atomic E-state index is 11.3. The Kier molecular flexibility index (Phi) is 4.29. The summed E-state index contributed by atoms with van der Waals surface area (Å²) in [6.07, 6.45) is 6.12. The van der Waals surface area contributed by atoms with Gasteiger partial charge >= 0.3 is 0 Å². The van der Waals surface area contributed by atoms with Crippen molar-refractivity contribution >= 4 is 22.8 Å². The first kappa shape index (κ1) is 14.5. The van der Waals surface area contributed by atoms with E-state index >= 15 is 0 Å². The van der Waals surface area contributed by atoms with Crippen molar-refractivity contribution in [2.75, 3.05) is 11.4 Å². The van der Waals surface area contributed by atoms with Crippen LogP contribution in [-0.4, -0.2) is 23.9 Å². The Morgan fingerprint density at radius 2 is 2.00 bits per heavy atom. The van der Waals surface area contributed by atoms with E-state index < -0.39 is 0 Å². The molecule has 0 amide bonds. The van der Waals surface area contributed by atoms with Gasteiger partial charge in [0.1, 0.15) is 0 Å². The van der Waals surface area contributed by atoms with E-state index in [0.29, 0.717) is 6.04 Å². The van der Waals surface area contributed by atoms with Crippen LogP contribution in [0, 0.1) is 0 Å². The summed E-state index contributed by atoms with van der Waals surface area (Å²) in [4.78, 5) is 19.2. The van der Waals surface area contributed by atoms with Gasteiger partial charge < -0.3 is 4.90 Å². The fraction of sp³-hybridized carbons (Fsp3) is 0.733. The zero-order valence-corrected chi connectivity index (χ0v) is 13.2. The Hall–Kier alpha value is -0.900. The summed E-state index contributed by atoms with van der Waals surface area (Å²) in [7, 11) is 0. The zero-order valence-electron chi connectivity index (χ0n) is 12.4. The van der Waals surface area contributed by atoms with Gasteiger partial charge in [0, 0.05) is 18.0 Å². The highest BCUT2D eigenvalue weighted by Crippen LogP contribution is 2.35. The molecule has 4 heteroatoms. The number of carbonyl (C=O) groups is 1. The molecule has 0 saturated heterocycles. The van der Waals surface area contributed by atoms with Gasteiger partial charge in [-0.2, -0.15) is 0 Å². The molecule has 0 unspecified atom stereocenters. The van der Waals surface area contributed by atoms with Gasteiger partial charge in [-0.1, -0.05) is 44.9 Å². The second kappa shape index (κ2) is 5.61. The summed E-state index contributed by atoms with van der Waals surface area (Å²) in [6.45, 7) is 9.50. The molecule has 0 spiro atoms. The van der Waals surface area contributed by atoms with Crippen LogP contribution in [0.1, 0.15) is 68.7 Å². The molecule has 1 aromatic rings. The lowest BCUT2D eigenvalue weighted by Crippen LogP contribution is -2.33. The smallest absolute Gasteiger partial charge is 0.186 e. The molecule has 0 radical (unpaired) electrons. The lowest BCUT2D eigenvalue weighted by Gasteiger charge is -2.27. The second-order valence-electron chi connectivity index (χ2n) is 6.30. The Balaban J connectivity index is 2.33. The number of rotatable bonds is 4. The van der Waals surface area contributed by atoms with Crippen LogP contribution in [-0.2, 0) is 5.41 Å². The summed E-state index contributed by atoms with van der Waals surface area (Å²) in [5.41, 5.74) is 0.874. The maximum atomic E-state index is 11.3. The van der Waals surface area contributed by atoms with E-state index in [4.69, 9.17) is 4.98 Å². The van der Waals surface area contributed by atoms with Gasteiger partial charge in [-0.15, -0.1) is 0 Å². The number of aromatic nitrogens is 1. The number of nitrogens with zero attached hydrogens (tertiary/aromatic N) is 2. The molecule has 1 aliphatic rings. The summed E-state index contributed by atoms with van der Waals surface area (Å²) in [5, 5.41) is 1.03. The van der Waals surface area contributed by atoms with Crippen molar-refractivity contribution in [3.63, 3.8) is 0 Å². The van der Waals surface area contributed by atoms with Crippen LogP contribution >= 0.6 is 11.3 Å². The van der Waals surface area contributed by atoms with Crippen molar-refractivity contribution in [2.45, 2.75) is 64.8 Å². The number of hydrogen-bond acceptors (Lipinski definition) is 4. The summed E-state index contributed by atoms with van der Waals surface area (Å²) < 4.78 is 0. The summed E-state index contributed by atoms with van der Waals surface area (Å²) in [6, 6.07) is 0.614. The van der Waals surface area contributed by atoms with Crippen molar-refractivity contribution < 1.29 is 4.79 Å². The average molecular weight is 280 g/mol. The van der Waals surface area contributed by atoms with E-state index in [2.05, 4.69) is 32.6 Å². The average Bonchev–Trinajstić information content (AvgIpc) is 2.98. The van der Waals surface area contributed by atoms with Gasteiger partial charge in [0.05, 0.1) is 10.6 Å². The molecular formula is C15H24N2OS. The predicted octanol–water partition coefficient (Wildman–Crippen LogP) is 4.02. The standard InChI is InChI=1S/C15H24N2OS/c1-5-17(11-8-6-7-9-11)14-16-13(15(2,3)4)12(10-18)19-14/h10-11H,5-9H2,1-4H3. The normalized spacial score (nSPS) is 16.8. The molecular weight excluding hydrogens is 256 g/mol. The topological polar surface area (TPSA) is 33.2 Å². The van der Waals surface area contributed by atoms with Crippen molar-refractivity contribution in [1.29, 1.82) is 0 Å². The minimum Gasteiger partial charge on any atom is -0.345 e. The minimum atomic E-state index is -0.0694. The lowest BCUT2D eigenvalue weighted by molar-refractivity contribution is 0.112. The van der Waals surface area contributed by atoms with Crippen LogP contribution < -0.4 is 4.90 Å². The van der Waals surface area contributed by atoms with E-state index in [1.165, 1.54) is 25.7 Å². The quantitative estimate of drug-likeness (QED) is 0.781. The van der Waals surface area contributed by atoms with Crippen molar-refractivity contribution in [3.05, 3.63) is 10.6 Å². The molecule has 1 aromatic heterocycles. The Bertz CT molecular complexity index is 441. The van der Waals surface area contributed by atoms with Gasteiger partial charge in [0.25, 0.3) is 0 Å². The molecule has 2 rings (SSSR count). The van der Waals surface area contributed by atoms with E-state index in [-0.39, 0.29) is 5.41 Å². The van der Waals surface area contributed by atoms with Crippen LogP contribution in [0.5, 0.6) is 0 Å². The van der Waals surface area contributed by atoms with Crippen molar-refractivity contribution in [1.82, 2.24) is 4.98 Å². The third-order valence-corrected chi connectivity index (χ3v) is 4.83. The van der Waals surface area contributed by atoms with Crippen LogP contribution in [0.25, 0.3) is 0 Å². The maximum Gasteiger partial charge on any atom is 0.186 e. The highest BCUT2D eigenvalue weighted by Gasteiger charge is 2.28. The molecule has 0 aromatic carbocycles. The molecule has 1 saturated carbocycles. The monoisotopic (exact) mass is 280 g/mol. The van der Waals surface area contributed by atoms with Gasteiger partial charge in [-0.25, -0.2) is 4.98 Å². The Morgan fingerprint density at radius 3 is 2.42 bits per heavy atom. The van der Waals surface area contributed by atoms with E-state index in [1.807, 2.05) is 0 Å². The van der Waals surface area contributed by atoms with E-state index in [0.717, 1.165) is 28.5 Å². The van der Waals surface area contributed by atoms with Crippen molar-refractivity contribution in [2.24, 2.45) is 0 Å². The molecule has 0 N–H and O–H groups in total. The first-order valence-corrected chi connectivity index (χ1v) is 8.02. The number of hydrogen-bond donors (Lipinski definition) is 0. The zero-order chi connectivity index (χ0) is 14.0. The number of thiazole rings is 1. The summed E-state index contributed by atoms with van der Waals surface area (Å²) >= 11 is 1.55. The van der Waals surface area contributed by atoms with Gasteiger partial charge in [-0.3, -0.25) is 4.79 Å². The first-order chi connectivity index (χ1) is 8.97. The second-order valence-corrected chi connectivity index (χ2v) is 7.31. The summed E-state index contributed by atoms with van der Waals surface area (Å²) in [5.74, 6) is 0. The van der Waals surface area contributed by atoms with Crippen LogP contribution in [0.4, 0.5) is 5.13 Å². The van der Waals surface area contributed by atoms with Crippen LogP contribution in [0.15, 0.2) is 0 Å². The molecule has 1 fully saturated rings. The molecule has 106 valence electrons. The lowest BCUT2D eigenvalue weighted by atomic mass is 9.91. The van der Waals surface area contributed by atoms with Crippen LogP contribution in [0.2, 0.25) is 0 Å². The number of anilines is 1. The van der Waals surface area contributed by atoms with E-state index in [1.54, 1.807) is 11.3 Å². The van der Waals surface area contributed by atoms with Gasteiger partial charge in [0.15, 0.2) is 11.4 Å². The van der Waals surface area contributed by atoms with E-state index in [9.17, 15) is 4.79 Å². The fourth-order valence-electron chi connectivity index (χ4n) is 2.83. The number of carbonyl (C=O) groups excluding carboxylic acids is 1. The third kappa shape index (κ3) is 2.99. The molecule has 1 heterocycles. The van der Waals surface area contributed by atoms with Gasteiger partial charge in [-0.05, 0) is 19.8 Å². The molecule has 19 heavy (non-hydrogen) atoms. The third-order valence-electron chi connectivity index (χ3n) is 3.81.